The van der Waals surface area contributed by atoms with Gasteiger partial charge in [0.05, 0.1) is 0 Å². The standard InChI is InChI=1S/C10H11FOS/c1-8(6-12)7-13-10-4-2-9(11)3-5-10/h2-6,8H,7H2,1H3. The van der Waals surface area contributed by atoms with Crippen LogP contribution in [0.25, 0.3) is 0 Å². The number of hydrogen-bond donors (Lipinski definition) is 0. The highest BCUT2D eigenvalue weighted by Gasteiger charge is 2.00. The molecule has 0 fully saturated rings. The van der Waals surface area contributed by atoms with Crippen LogP contribution in [0.2, 0.25) is 0 Å². The van der Waals surface area contributed by atoms with E-state index in [1.807, 2.05) is 6.92 Å². The average Bonchev–Trinajstić information content (AvgIpc) is 2.16. The molecule has 0 saturated carbocycles. The largest absolute Gasteiger partial charge is 0.303 e. The number of thioether (sulfide) groups is 1. The van der Waals surface area contributed by atoms with Crippen molar-refractivity contribution in [2.45, 2.75) is 11.8 Å². The Morgan fingerprint density at radius 3 is 2.62 bits per heavy atom. The summed E-state index contributed by atoms with van der Waals surface area (Å²) in [6.45, 7) is 1.86. The first kappa shape index (κ1) is 10.3. The van der Waals surface area contributed by atoms with Crippen LogP contribution in [0.1, 0.15) is 6.92 Å². The predicted octanol–water partition coefficient (Wildman–Crippen LogP) is 2.75. The zero-order valence-corrected chi connectivity index (χ0v) is 8.18. The van der Waals surface area contributed by atoms with Crippen LogP contribution in [0.5, 0.6) is 0 Å². The van der Waals surface area contributed by atoms with E-state index < -0.39 is 0 Å². The maximum absolute atomic E-state index is 12.5. The predicted molar refractivity (Wildman–Crippen MR) is 52.4 cm³/mol. The Balaban J connectivity index is 2.45. The topological polar surface area (TPSA) is 17.1 Å². The van der Waals surface area contributed by atoms with Crippen LogP contribution in [-0.2, 0) is 4.79 Å². The van der Waals surface area contributed by atoms with E-state index in [4.69, 9.17) is 0 Å². The first-order valence-electron chi connectivity index (χ1n) is 4.06. The molecule has 1 unspecified atom stereocenters. The average molecular weight is 198 g/mol. The van der Waals surface area contributed by atoms with Gasteiger partial charge in [-0.3, -0.25) is 0 Å². The maximum Gasteiger partial charge on any atom is 0.123 e. The lowest BCUT2D eigenvalue weighted by Gasteiger charge is -2.02. The van der Waals surface area contributed by atoms with E-state index in [0.717, 1.165) is 16.9 Å². The molecular weight excluding hydrogens is 187 g/mol. The summed E-state index contributed by atoms with van der Waals surface area (Å²) in [5.74, 6) is 0.567. The lowest BCUT2D eigenvalue weighted by Crippen LogP contribution is -1.98. The normalized spacial score (nSPS) is 12.5. The van der Waals surface area contributed by atoms with Crippen molar-refractivity contribution >= 4 is 18.0 Å². The zero-order chi connectivity index (χ0) is 9.68. The molecule has 0 spiro atoms. The molecule has 0 aliphatic carbocycles. The second kappa shape index (κ2) is 5.02. The summed E-state index contributed by atoms with van der Waals surface area (Å²) in [5.41, 5.74) is 0. The fraction of sp³-hybridized carbons (Fsp3) is 0.300. The molecule has 1 aromatic rings. The van der Waals surface area contributed by atoms with E-state index in [1.54, 1.807) is 23.9 Å². The minimum Gasteiger partial charge on any atom is -0.303 e. The van der Waals surface area contributed by atoms with Crippen LogP contribution in [0.15, 0.2) is 29.2 Å². The molecule has 3 heteroatoms. The lowest BCUT2D eigenvalue weighted by molar-refractivity contribution is -0.110. The summed E-state index contributed by atoms with van der Waals surface area (Å²) in [5, 5.41) is 0. The molecule has 0 bridgehead atoms. The summed E-state index contributed by atoms with van der Waals surface area (Å²) in [6.07, 6.45) is 0.927. The van der Waals surface area contributed by atoms with Crippen LogP contribution < -0.4 is 0 Å². The summed E-state index contributed by atoms with van der Waals surface area (Å²) < 4.78 is 12.5. The Labute approximate surface area is 81.3 Å². The maximum atomic E-state index is 12.5. The third-order valence-corrected chi connectivity index (χ3v) is 2.86. The fourth-order valence-corrected chi connectivity index (χ4v) is 1.66. The van der Waals surface area contributed by atoms with E-state index in [1.165, 1.54) is 12.1 Å². The van der Waals surface area contributed by atoms with Gasteiger partial charge in [-0.15, -0.1) is 11.8 Å². The SMILES string of the molecule is CC(C=O)CSc1ccc(F)cc1. The molecule has 0 saturated heterocycles. The molecule has 0 heterocycles. The van der Waals surface area contributed by atoms with Gasteiger partial charge < -0.3 is 4.79 Å². The van der Waals surface area contributed by atoms with Crippen LogP contribution in [-0.4, -0.2) is 12.0 Å². The van der Waals surface area contributed by atoms with Crippen molar-refractivity contribution in [3.05, 3.63) is 30.1 Å². The molecule has 1 nitrogen and oxygen atoms in total. The highest BCUT2D eigenvalue weighted by Crippen LogP contribution is 2.19. The number of carbonyl (C=O) groups is 1. The van der Waals surface area contributed by atoms with Gasteiger partial charge in [-0.1, -0.05) is 6.92 Å². The van der Waals surface area contributed by atoms with Crippen LogP contribution >= 0.6 is 11.8 Å². The second-order valence-electron chi connectivity index (χ2n) is 2.88. The number of hydrogen-bond acceptors (Lipinski definition) is 2. The van der Waals surface area contributed by atoms with Gasteiger partial charge in [0.15, 0.2) is 0 Å². The molecule has 0 aliphatic heterocycles. The van der Waals surface area contributed by atoms with Gasteiger partial charge >= 0.3 is 0 Å². The molecule has 0 radical (unpaired) electrons. The highest BCUT2D eigenvalue weighted by molar-refractivity contribution is 7.99. The number of aldehydes is 1. The molecule has 13 heavy (non-hydrogen) atoms. The Morgan fingerprint density at radius 1 is 1.46 bits per heavy atom. The van der Waals surface area contributed by atoms with Gasteiger partial charge in [-0.2, -0.15) is 0 Å². The fourth-order valence-electron chi connectivity index (χ4n) is 0.798. The summed E-state index contributed by atoms with van der Waals surface area (Å²) in [6, 6.07) is 6.29. The number of carbonyl (C=O) groups excluding carboxylic acids is 1. The first-order valence-corrected chi connectivity index (χ1v) is 5.04. The molecule has 0 aromatic heterocycles. The summed E-state index contributed by atoms with van der Waals surface area (Å²) in [4.78, 5) is 11.3. The van der Waals surface area contributed by atoms with Gasteiger partial charge in [0.2, 0.25) is 0 Å². The van der Waals surface area contributed by atoms with Crippen molar-refractivity contribution in [2.24, 2.45) is 5.92 Å². The zero-order valence-electron chi connectivity index (χ0n) is 7.37. The van der Waals surface area contributed by atoms with Gasteiger partial charge in [0.1, 0.15) is 12.1 Å². The molecule has 70 valence electrons. The van der Waals surface area contributed by atoms with Gasteiger partial charge in [-0.25, -0.2) is 4.39 Å². The number of benzene rings is 1. The van der Waals surface area contributed by atoms with Crippen molar-refractivity contribution in [2.75, 3.05) is 5.75 Å². The third-order valence-electron chi connectivity index (χ3n) is 1.56. The number of rotatable bonds is 4. The Bertz CT molecular complexity index is 271. The molecule has 0 aliphatic rings. The van der Waals surface area contributed by atoms with Crippen LogP contribution in [0.4, 0.5) is 4.39 Å². The Hall–Kier alpha value is -0.830. The van der Waals surface area contributed by atoms with Crippen molar-refractivity contribution < 1.29 is 9.18 Å². The van der Waals surface area contributed by atoms with Crippen molar-refractivity contribution in [3.8, 4) is 0 Å². The van der Waals surface area contributed by atoms with E-state index >= 15 is 0 Å². The van der Waals surface area contributed by atoms with E-state index in [0.29, 0.717) is 0 Å². The summed E-state index contributed by atoms with van der Waals surface area (Å²) >= 11 is 1.56. The highest BCUT2D eigenvalue weighted by atomic mass is 32.2. The quantitative estimate of drug-likeness (QED) is 0.546. The Morgan fingerprint density at radius 2 is 2.08 bits per heavy atom. The monoisotopic (exact) mass is 198 g/mol. The van der Waals surface area contributed by atoms with E-state index in [2.05, 4.69) is 0 Å². The number of halogens is 1. The minimum atomic E-state index is -0.229. The first-order chi connectivity index (χ1) is 6.22. The summed E-state index contributed by atoms with van der Waals surface area (Å²) in [7, 11) is 0. The van der Waals surface area contributed by atoms with Crippen molar-refractivity contribution in [1.29, 1.82) is 0 Å². The molecule has 1 aromatic carbocycles. The third kappa shape index (κ3) is 3.59. The molecular formula is C10H11FOS. The smallest absolute Gasteiger partial charge is 0.123 e. The second-order valence-corrected chi connectivity index (χ2v) is 3.97. The van der Waals surface area contributed by atoms with Gasteiger partial charge in [0, 0.05) is 16.6 Å². The Kier molecular flexibility index (Phi) is 3.96. The van der Waals surface area contributed by atoms with Gasteiger partial charge in [-0.05, 0) is 24.3 Å². The molecule has 1 atom stereocenters. The van der Waals surface area contributed by atoms with Crippen molar-refractivity contribution in [3.63, 3.8) is 0 Å². The van der Waals surface area contributed by atoms with E-state index in [9.17, 15) is 9.18 Å². The lowest BCUT2D eigenvalue weighted by atomic mass is 10.3. The molecule has 1 rings (SSSR count). The van der Waals surface area contributed by atoms with Crippen LogP contribution in [0.3, 0.4) is 0 Å². The molecule has 0 amide bonds. The minimum absolute atomic E-state index is 0.0510. The van der Waals surface area contributed by atoms with Gasteiger partial charge in [0.25, 0.3) is 0 Å². The van der Waals surface area contributed by atoms with Crippen molar-refractivity contribution in [1.82, 2.24) is 0 Å². The van der Waals surface area contributed by atoms with Crippen LogP contribution in [0, 0.1) is 11.7 Å². The van der Waals surface area contributed by atoms with E-state index in [-0.39, 0.29) is 11.7 Å². The molecule has 0 N–H and O–H groups in total.